The smallest absolute Gasteiger partial charge is 0.345 e. The summed E-state index contributed by atoms with van der Waals surface area (Å²) in [5.74, 6) is 0.499. The minimum absolute atomic E-state index is 0.380. The molecule has 0 fully saturated rings. The van der Waals surface area contributed by atoms with Crippen molar-refractivity contribution in [2.45, 2.75) is 13.8 Å². The van der Waals surface area contributed by atoms with Crippen molar-refractivity contribution in [2.75, 3.05) is 18.0 Å². The van der Waals surface area contributed by atoms with Gasteiger partial charge < -0.3 is 9.32 Å². The standard InChI is InChI=1S/C20H18N4O2S/c1-3-24(4-2)14-8-7-13-10-15(20(25)26-17(13)11-14)16-12-21-23-19(22-16)18-6-5-9-27-18/h5-12H,3-4H2,1-2H3. The second-order valence-corrected chi connectivity index (χ2v) is 6.93. The van der Waals surface area contributed by atoms with Crippen molar-refractivity contribution >= 4 is 28.0 Å². The number of nitrogens with zero attached hydrogens (tertiary/aromatic N) is 4. The second kappa shape index (κ2) is 7.28. The molecule has 0 aliphatic heterocycles. The molecule has 6 nitrogen and oxygen atoms in total. The monoisotopic (exact) mass is 378 g/mol. The fourth-order valence-electron chi connectivity index (χ4n) is 3.01. The molecule has 0 saturated heterocycles. The molecule has 0 aliphatic carbocycles. The zero-order chi connectivity index (χ0) is 18.8. The summed E-state index contributed by atoms with van der Waals surface area (Å²) in [6, 6.07) is 11.5. The lowest BCUT2D eigenvalue weighted by Crippen LogP contribution is -2.21. The Morgan fingerprint density at radius 1 is 1.15 bits per heavy atom. The van der Waals surface area contributed by atoms with E-state index in [-0.39, 0.29) is 0 Å². The predicted molar refractivity (Wildman–Crippen MR) is 108 cm³/mol. The highest BCUT2D eigenvalue weighted by atomic mass is 32.1. The van der Waals surface area contributed by atoms with E-state index in [1.807, 2.05) is 35.7 Å². The Balaban J connectivity index is 1.79. The van der Waals surface area contributed by atoms with E-state index in [4.69, 9.17) is 4.42 Å². The molecule has 27 heavy (non-hydrogen) atoms. The third kappa shape index (κ3) is 3.33. The highest BCUT2D eigenvalue weighted by Crippen LogP contribution is 2.26. The van der Waals surface area contributed by atoms with Gasteiger partial charge in [0.1, 0.15) is 11.3 Å². The molecule has 0 bridgehead atoms. The Morgan fingerprint density at radius 3 is 2.74 bits per heavy atom. The van der Waals surface area contributed by atoms with Gasteiger partial charge >= 0.3 is 5.63 Å². The molecular formula is C20H18N4O2S. The van der Waals surface area contributed by atoms with Gasteiger partial charge in [-0.15, -0.1) is 16.4 Å². The molecule has 1 aromatic carbocycles. The van der Waals surface area contributed by atoms with E-state index in [1.165, 1.54) is 17.5 Å². The molecule has 0 saturated carbocycles. The van der Waals surface area contributed by atoms with Crippen molar-refractivity contribution < 1.29 is 4.42 Å². The van der Waals surface area contributed by atoms with Crippen molar-refractivity contribution in [2.24, 2.45) is 0 Å². The first-order chi connectivity index (χ1) is 13.2. The normalized spacial score (nSPS) is 11.0. The average molecular weight is 378 g/mol. The molecule has 136 valence electrons. The van der Waals surface area contributed by atoms with Crippen LogP contribution in [0.5, 0.6) is 0 Å². The fraction of sp³-hybridized carbons (Fsp3) is 0.200. The van der Waals surface area contributed by atoms with Crippen LogP contribution in [-0.2, 0) is 0 Å². The SMILES string of the molecule is CCN(CC)c1ccc2cc(-c3cnnc(-c4cccs4)n3)c(=O)oc2c1. The molecule has 0 atom stereocenters. The molecule has 4 aromatic rings. The van der Waals surface area contributed by atoms with Crippen molar-refractivity contribution in [3.05, 3.63) is 58.4 Å². The van der Waals surface area contributed by atoms with Crippen molar-refractivity contribution in [3.8, 4) is 22.0 Å². The number of thiophene rings is 1. The lowest BCUT2D eigenvalue weighted by atomic mass is 10.1. The molecular weight excluding hydrogens is 360 g/mol. The van der Waals surface area contributed by atoms with E-state index in [2.05, 4.69) is 33.9 Å². The Hall–Kier alpha value is -3.06. The van der Waals surface area contributed by atoms with Crippen LogP contribution in [0.3, 0.4) is 0 Å². The van der Waals surface area contributed by atoms with Crippen LogP contribution in [0, 0.1) is 0 Å². The van der Waals surface area contributed by atoms with Crippen LogP contribution in [0.1, 0.15) is 13.8 Å². The minimum atomic E-state index is -0.433. The number of aromatic nitrogens is 3. The molecule has 0 unspecified atom stereocenters. The number of hydrogen-bond acceptors (Lipinski definition) is 7. The molecule has 3 aromatic heterocycles. The highest BCUT2D eigenvalue weighted by Gasteiger charge is 2.13. The Bertz CT molecular complexity index is 1130. The van der Waals surface area contributed by atoms with Gasteiger partial charge in [0.05, 0.1) is 16.6 Å². The van der Waals surface area contributed by atoms with E-state index in [0.29, 0.717) is 22.7 Å². The minimum Gasteiger partial charge on any atom is -0.422 e. The third-order valence-corrected chi connectivity index (χ3v) is 5.29. The van der Waals surface area contributed by atoms with Crippen molar-refractivity contribution in [3.63, 3.8) is 0 Å². The summed E-state index contributed by atoms with van der Waals surface area (Å²) in [4.78, 5) is 20.2. The highest BCUT2D eigenvalue weighted by molar-refractivity contribution is 7.13. The van der Waals surface area contributed by atoms with Crippen LogP contribution in [-0.4, -0.2) is 28.3 Å². The second-order valence-electron chi connectivity index (χ2n) is 5.98. The maximum absolute atomic E-state index is 12.6. The van der Waals surface area contributed by atoms with E-state index >= 15 is 0 Å². The maximum Gasteiger partial charge on any atom is 0.345 e. The zero-order valence-electron chi connectivity index (χ0n) is 15.0. The van der Waals surface area contributed by atoms with Crippen molar-refractivity contribution in [1.82, 2.24) is 15.2 Å². The predicted octanol–water partition coefficient (Wildman–Crippen LogP) is 4.22. The topological polar surface area (TPSA) is 72.1 Å². The first kappa shape index (κ1) is 17.4. The van der Waals surface area contributed by atoms with Gasteiger partial charge in [0, 0.05) is 30.2 Å². The van der Waals surface area contributed by atoms with E-state index < -0.39 is 5.63 Å². The molecule has 7 heteroatoms. The first-order valence-corrected chi connectivity index (χ1v) is 9.64. The quantitative estimate of drug-likeness (QED) is 0.484. The van der Waals surface area contributed by atoms with Crippen LogP contribution in [0.2, 0.25) is 0 Å². The Kier molecular flexibility index (Phi) is 4.68. The molecule has 0 amide bonds. The fourth-order valence-corrected chi connectivity index (χ4v) is 3.66. The van der Waals surface area contributed by atoms with Gasteiger partial charge in [-0.2, -0.15) is 5.10 Å². The van der Waals surface area contributed by atoms with E-state index in [9.17, 15) is 4.79 Å². The zero-order valence-corrected chi connectivity index (χ0v) is 15.9. The van der Waals surface area contributed by atoms with Gasteiger partial charge in [0.25, 0.3) is 0 Å². The van der Waals surface area contributed by atoms with Gasteiger partial charge in [-0.25, -0.2) is 9.78 Å². The lowest BCUT2D eigenvalue weighted by Gasteiger charge is -2.21. The van der Waals surface area contributed by atoms with E-state index in [1.54, 1.807) is 6.07 Å². The van der Waals surface area contributed by atoms with Gasteiger partial charge in [0.2, 0.25) is 0 Å². The Labute approximate surface area is 160 Å². The van der Waals surface area contributed by atoms with Crippen LogP contribution in [0.4, 0.5) is 5.69 Å². The number of benzene rings is 1. The molecule has 0 N–H and O–H groups in total. The largest absolute Gasteiger partial charge is 0.422 e. The van der Waals surface area contributed by atoms with Crippen LogP contribution >= 0.6 is 11.3 Å². The summed E-state index contributed by atoms with van der Waals surface area (Å²) < 4.78 is 5.59. The molecule has 3 heterocycles. The summed E-state index contributed by atoms with van der Waals surface area (Å²) in [5.41, 5.74) is 2.00. The van der Waals surface area contributed by atoms with Crippen molar-refractivity contribution in [1.29, 1.82) is 0 Å². The lowest BCUT2D eigenvalue weighted by molar-refractivity contribution is 0.563. The third-order valence-electron chi connectivity index (χ3n) is 4.42. The summed E-state index contributed by atoms with van der Waals surface area (Å²) in [6.07, 6.45) is 1.49. The summed E-state index contributed by atoms with van der Waals surface area (Å²) in [5, 5.41) is 10.9. The summed E-state index contributed by atoms with van der Waals surface area (Å²) in [7, 11) is 0. The van der Waals surface area contributed by atoms with Gasteiger partial charge in [-0.3, -0.25) is 0 Å². The molecule has 0 spiro atoms. The maximum atomic E-state index is 12.6. The number of rotatable bonds is 5. The molecule has 4 rings (SSSR count). The first-order valence-electron chi connectivity index (χ1n) is 8.76. The van der Waals surface area contributed by atoms with Crippen LogP contribution < -0.4 is 10.5 Å². The number of hydrogen-bond donors (Lipinski definition) is 0. The van der Waals surface area contributed by atoms with Gasteiger partial charge in [0.15, 0.2) is 5.82 Å². The average Bonchev–Trinajstić information content (AvgIpc) is 3.23. The van der Waals surface area contributed by atoms with Crippen LogP contribution in [0.25, 0.3) is 32.9 Å². The number of fused-ring (bicyclic) bond motifs is 1. The van der Waals surface area contributed by atoms with Gasteiger partial charge in [-0.1, -0.05) is 6.07 Å². The number of anilines is 1. The van der Waals surface area contributed by atoms with Crippen LogP contribution in [0.15, 0.2) is 57.2 Å². The summed E-state index contributed by atoms with van der Waals surface area (Å²) in [6.45, 7) is 5.98. The molecule has 0 aliphatic rings. The molecule has 0 radical (unpaired) electrons. The van der Waals surface area contributed by atoms with E-state index in [0.717, 1.165) is 29.0 Å². The van der Waals surface area contributed by atoms with Gasteiger partial charge in [-0.05, 0) is 43.5 Å². The summed E-state index contributed by atoms with van der Waals surface area (Å²) >= 11 is 1.52. The Morgan fingerprint density at radius 2 is 2.00 bits per heavy atom.